The number of rotatable bonds is 5. The fraction of sp³-hybridized carbons (Fsp3) is 0.235. The average molecular weight is 269 g/mol. The first-order valence-corrected chi connectivity index (χ1v) is 6.54. The quantitative estimate of drug-likeness (QED) is 0.908. The molecule has 0 aliphatic heterocycles. The van der Waals surface area contributed by atoms with Gasteiger partial charge in [-0.2, -0.15) is 0 Å². The van der Waals surface area contributed by atoms with E-state index in [2.05, 4.69) is 0 Å². The second-order valence-corrected chi connectivity index (χ2v) is 5.02. The molecular weight excluding hydrogens is 250 g/mol. The van der Waals surface area contributed by atoms with E-state index in [0.29, 0.717) is 6.42 Å². The number of hydrogen-bond acceptors (Lipinski definition) is 3. The van der Waals surface area contributed by atoms with E-state index in [9.17, 15) is 4.79 Å². The first kappa shape index (κ1) is 14.3. The molecule has 2 N–H and O–H groups in total. The largest absolute Gasteiger partial charge is 0.497 e. The van der Waals surface area contributed by atoms with Gasteiger partial charge in [0.05, 0.1) is 12.6 Å². The van der Waals surface area contributed by atoms with E-state index in [1.165, 1.54) is 0 Å². The van der Waals surface area contributed by atoms with Gasteiger partial charge in [0.2, 0.25) is 0 Å². The van der Waals surface area contributed by atoms with E-state index in [0.717, 1.165) is 16.9 Å². The van der Waals surface area contributed by atoms with Crippen molar-refractivity contribution >= 4 is 5.78 Å². The van der Waals surface area contributed by atoms with Gasteiger partial charge in [-0.05, 0) is 30.2 Å². The Morgan fingerprint density at radius 1 is 1.15 bits per heavy atom. The maximum Gasteiger partial charge on any atom is 0.161 e. The maximum absolute atomic E-state index is 12.5. The molecule has 0 aliphatic carbocycles. The third kappa shape index (κ3) is 3.06. The Bertz CT molecular complexity index is 591. The zero-order chi connectivity index (χ0) is 14.6. The van der Waals surface area contributed by atoms with Crippen molar-refractivity contribution in [1.82, 2.24) is 0 Å². The first-order chi connectivity index (χ1) is 9.54. The Morgan fingerprint density at radius 3 is 2.50 bits per heavy atom. The van der Waals surface area contributed by atoms with Crippen LogP contribution in [0.5, 0.6) is 5.75 Å². The van der Waals surface area contributed by atoms with Gasteiger partial charge in [0.25, 0.3) is 0 Å². The molecule has 0 spiro atoms. The van der Waals surface area contributed by atoms with Crippen molar-refractivity contribution in [3.05, 3.63) is 65.7 Å². The summed E-state index contributed by atoms with van der Waals surface area (Å²) >= 11 is 0. The number of benzene rings is 2. The smallest absolute Gasteiger partial charge is 0.161 e. The second kappa shape index (κ2) is 5.88. The van der Waals surface area contributed by atoms with Crippen LogP contribution < -0.4 is 10.5 Å². The molecule has 0 heterocycles. The van der Waals surface area contributed by atoms with Crippen LogP contribution in [0.25, 0.3) is 0 Å². The summed E-state index contributed by atoms with van der Waals surface area (Å²) in [6.45, 7) is 1.75. The van der Waals surface area contributed by atoms with Gasteiger partial charge in [0.15, 0.2) is 5.78 Å². The normalized spacial score (nSPS) is 13.6. The molecule has 1 unspecified atom stereocenters. The third-order valence-corrected chi connectivity index (χ3v) is 3.45. The number of methoxy groups -OCH3 is 1. The first-order valence-electron chi connectivity index (χ1n) is 6.54. The lowest BCUT2D eigenvalue weighted by Gasteiger charge is -2.23. The van der Waals surface area contributed by atoms with Gasteiger partial charge >= 0.3 is 0 Å². The predicted molar refractivity (Wildman–Crippen MR) is 79.7 cm³/mol. The highest BCUT2D eigenvalue weighted by molar-refractivity contribution is 5.90. The van der Waals surface area contributed by atoms with E-state index in [-0.39, 0.29) is 5.78 Å². The molecule has 0 aliphatic rings. The molecule has 2 rings (SSSR count). The Balaban J connectivity index is 2.19. The molecule has 104 valence electrons. The molecule has 0 fully saturated rings. The van der Waals surface area contributed by atoms with Crippen molar-refractivity contribution in [2.24, 2.45) is 5.73 Å². The van der Waals surface area contributed by atoms with Crippen LogP contribution in [0.4, 0.5) is 0 Å². The average Bonchev–Trinajstić information content (AvgIpc) is 2.48. The van der Waals surface area contributed by atoms with Gasteiger partial charge in [-0.3, -0.25) is 4.79 Å². The van der Waals surface area contributed by atoms with Crippen molar-refractivity contribution in [3.8, 4) is 5.75 Å². The highest BCUT2D eigenvalue weighted by Gasteiger charge is 2.29. The number of nitrogens with two attached hydrogens (primary N) is 1. The molecule has 3 heteroatoms. The summed E-state index contributed by atoms with van der Waals surface area (Å²) in [6.07, 6.45) is 0.291. The molecule has 0 amide bonds. The van der Waals surface area contributed by atoms with E-state index < -0.39 is 5.54 Å². The van der Waals surface area contributed by atoms with Crippen LogP contribution in [0.2, 0.25) is 0 Å². The van der Waals surface area contributed by atoms with Crippen LogP contribution in [0.3, 0.4) is 0 Å². The summed E-state index contributed by atoms with van der Waals surface area (Å²) in [7, 11) is 1.61. The molecule has 0 aromatic heterocycles. The predicted octanol–water partition coefficient (Wildman–Crippen LogP) is 2.68. The molecule has 0 saturated carbocycles. The lowest BCUT2D eigenvalue weighted by Crippen LogP contribution is -2.42. The van der Waals surface area contributed by atoms with Gasteiger partial charge < -0.3 is 10.5 Å². The topological polar surface area (TPSA) is 52.3 Å². The number of Topliss-reactive ketones (excluding diaryl/α,β-unsaturated/α-hetero) is 1. The van der Waals surface area contributed by atoms with Gasteiger partial charge in [0, 0.05) is 6.42 Å². The van der Waals surface area contributed by atoms with Crippen LogP contribution in [0.15, 0.2) is 54.6 Å². The number of ketones is 1. The molecule has 0 bridgehead atoms. The minimum absolute atomic E-state index is 0.0167. The van der Waals surface area contributed by atoms with E-state index >= 15 is 0 Å². The monoisotopic (exact) mass is 269 g/mol. The summed E-state index contributed by atoms with van der Waals surface area (Å²) in [5.74, 6) is 0.727. The highest BCUT2D eigenvalue weighted by Crippen LogP contribution is 2.21. The SMILES string of the molecule is COc1cccc(CC(=O)C(C)(N)c2ccccc2)c1. The number of carbonyl (C=O) groups is 1. The van der Waals surface area contributed by atoms with Crippen LogP contribution in [-0.4, -0.2) is 12.9 Å². The lowest BCUT2D eigenvalue weighted by atomic mass is 9.86. The zero-order valence-corrected chi connectivity index (χ0v) is 11.8. The zero-order valence-electron chi connectivity index (χ0n) is 11.8. The van der Waals surface area contributed by atoms with Crippen LogP contribution >= 0.6 is 0 Å². The summed E-state index contributed by atoms with van der Waals surface area (Å²) in [4.78, 5) is 12.5. The fourth-order valence-electron chi connectivity index (χ4n) is 2.10. The molecule has 2 aromatic carbocycles. The van der Waals surface area contributed by atoms with Crippen molar-refractivity contribution in [3.63, 3.8) is 0 Å². The number of ether oxygens (including phenoxy) is 1. The van der Waals surface area contributed by atoms with Gasteiger partial charge in [0.1, 0.15) is 5.75 Å². The maximum atomic E-state index is 12.5. The highest BCUT2D eigenvalue weighted by atomic mass is 16.5. The Hall–Kier alpha value is -2.13. The summed E-state index contributed by atoms with van der Waals surface area (Å²) in [5, 5.41) is 0. The van der Waals surface area contributed by atoms with Crippen LogP contribution in [-0.2, 0) is 16.8 Å². The minimum Gasteiger partial charge on any atom is -0.497 e. The third-order valence-electron chi connectivity index (χ3n) is 3.45. The molecular formula is C17H19NO2. The van der Waals surface area contributed by atoms with Crippen LogP contribution in [0.1, 0.15) is 18.1 Å². The number of hydrogen-bond donors (Lipinski definition) is 1. The van der Waals surface area contributed by atoms with Gasteiger partial charge in [-0.15, -0.1) is 0 Å². The molecule has 1 atom stereocenters. The molecule has 20 heavy (non-hydrogen) atoms. The van der Waals surface area contributed by atoms with Crippen LogP contribution in [0, 0.1) is 0 Å². The van der Waals surface area contributed by atoms with Crippen molar-refractivity contribution in [1.29, 1.82) is 0 Å². The molecule has 0 saturated heterocycles. The Labute approximate surface area is 119 Å². The van der Waals surface area contributed by atoms with Gasteiger partial charge in [-0.1, -0.05) is 42.5 Å². The summed E-state index contributed by atoms with van der Waals surface area (Å²) in [6, 6.07) is 16.9. The van der Waals surface area contributed by atoms with E-state index in [4.69, 9.17) is 10.5 Å². The van der Waals surface area contributed by atoms with Gasteiger partial charge in [-0.25, -0.2) is 0 Å². The standard InChI is InChI=1S/C17H19NO2/c1-17(18,14-8-4-3-5-9-14)16(19)12-13-7-6-10-15(11-13)20-2/h3-11H,12,18H2,1-2H3. The Morgan fingerprint density at radius 2 is 1.85 bits per heavy atom. The Kier molecular flexibility index (Phi) is 4.20. The second-order valence-electron chi connectivity index (χ2n) is 5.02. The van der Waals surface area contributed by atoms with Crippen molar-refractivity contribution < 1.29 is 9.53 Å². The van der Waals surface area contributed by atoms with Crippen molar-refractivity contribution in [2.75, 3.05) is 7.11 Å². The fourth-order valence-corrected chi connectivity index (χ4v) is 2.10. The molecule has 3 nitrogen and oxygen atoms in total. The summed E-state index contributed by atoms with van der Waals surface area (Å²) < 4.78 is 5.16. The number of carbonyl (C=O) groups excluding carboxylic acids is 1. The summed E-state index contributed by atoms with van der Waals surface area (Å²) in [5.41, 5.74) is 6.97. The van der Waals surface area contributed by atoms with Crippen molar-refractivity contribution in [2.45, 2.75) is 18.9 Å². The minimum atomic E-state index is -0.982. The van der Waals surface area contributed by atoms with E-state index in [1.54, 1.807) is 14.0 Å². The lowest BCUT2D eigenvalue weighted by molar-refractivity contribution is -0.123. The van der Waals surface area contributed by atoms with E-state index in [1.807, 2.05) is 54.6 Å². The molecule has 0 radical (unpaired) electrons. The molecule has 2 aromatic rings.